The number of benzene rings is 1. The van der Waals surface area contributed by atoms with Gasteiger partial charge in [0, 0.05) is 29.3 Å². The lowest BCUT2D eigenvalue weighted by atomic mass is 10.3. The molecule has 94 valence electrons. The summed E-state index contributed by atoms with van der Waals surface area (Å²) in [6.07, 6.45) is 1.64. The molecule has 0 bridgehead atoms. The summed E-state index contributed by atoms with van der Waals surface area (Å²) in [5.74, 6) is 1.43. The molecular formula is C13H12BrFN2O. The van der Waals surface area contributed by atoms with Gasteiger partial charge in [-0.15, -0.1) is 0 Å². The SMILES string of the molecule is CCNc1cc(Oc2cc(F)cc(Br)c2)ccn1. The van der Waals surface area contributed by atoms with Crippen LogP contribution in [-0.4, -0.2) is 11.5 Å². The molecule has 0 unspecified atom stereocenters. The normalized spacial score (nSPS) is 10.2. The molecule has 3 nitrogen and oxygen atoms in total. The predicted octanol–water partition coefficient (Wildman–Crippen LogP) is 4.21. The zero-order chi connectivity index (χ0) is 13.0. The van der Waals surface area contributed by atoms with E-state index in [1.54, 1.807) is 24.4 Å². The van der Waals surface area contributed by atoms with E-state index in [0.717, 1.165) is 12.4 Å². The van der Waals surface area contributed by atoms with Crippen molar-refractivity contribution in [3.05, 3.63) is 46.8 Å². The Labute approximate surface area is 113 Å². The van der Waals surface area contributed by atoms with Crippen LogP contribution in [0.5, 0.6) is 11.5 Å². The maximum atomic E-state index is 13.2. The minimum atomic E-state index is -0.347. The number of rotatable bonds is 4. The number of anilines is 1. The van der Waals surface area contributed by atoms with Gasteiger partial charge in [-0.2, -0.15) is 0 Å². The summed E-state index contributed by atoms with van der Waals surface area (Å²) in [5, 5.41) is 3.08. The van der Waals surface area contributed by atoms with Crippen LogP contribution in [0.2, 0.25) is 0 Å². The summed E-state index contributed by atoms with van der Waals surface area (Å²) in [6, 6.07) is 7.90. The van der Waals surface area contributed by atoms with Gasteiger partial charge in [-0.1, -0.05) is 15.9 Å². The molecule has 0 fully saturated rings. The predicted molar refractivity (Wildman–Crippen MR) is 72.6 cm³/mol. The van der Waals surface area contributed by atoms with Crippen molar-refractivity contribution < 1.29 is 9.13 Å². The molecule has 0 aliphatic heterocycles. The molecule has 0 spiro atoms. The first kappa shape index (κ1) is 12.8. The summed E-state index contributed by atoms with van der Waals surface area (Å²) in [7, 11) is 0. The standard InChI is InChI=1S/C13H12BrFN2O/c1-2-16-13-8-11(3-4-17-13)18-12-6-9(14)5-10(15)7-12/h3-8H,2H2,1H3,(H,16,17). The lowest BCUT2D eigenvalue weighted by Crippen LogP contribution is -1.98. The van der Waals surface area contributed by atoms with Crippen LogP contribution in [-0.2, 0) is 0 Å². The number of nitrogens with one attached hydrogen (secondary N) is 1. The van der Waals surface area contributed by atoms with E-state index in [-0.39, 0.29) is 5.82 Å². The molecular weight excluding hydrogens is 299 g/mol. The highest BCUT2D eigenvalue weighted by atomic mass is 79.9. The Morgan fingerprint density at radius 2 is 2.11 bits per heavy atom. The summed E-state index contributed by atoms with van der Waals surface area (Å²) < 4.78 is 19.4. The van der Waals surface area contributed by atoms with Gasteiger partial charge in [0.05, 0.1) is 0 Å². The molecule has 1 N–H and O–H groups in total. The zero-order valence-corrected chi connectivity index (χ0v) is 11.4. The van der Waals surface area contributed by atoms with Crippen molar-refractivity contribution in [2.45, 2.75) is 6.92 Å². The molecule has 2 rings (SSSR count). The van der Waals surface area contributed by atoms with Gasteiger partial charge in [-0.05, 0) is 25.1 Å². The Hall–Kier alpha value is -1.62. The molecule has 0 aliphatic rings. The Bertz CT molecular complexity index is 528. The van der Waals surface area contributed by atoms with Gasteiger partial charge in [-0.3, -0.25) is 0 Å². The van der Waals surface area contributed by atoms with Crippen LogP contribution in [0.25, 0.3) is 0 Å². The number of nitrogens with zero attached hydrogens (tertiary/aromatic N) is 1. The topological polar surface area (TPSA) is 34.1 Å². The van der Waals surface area contributed by atoms with Crippen molar-refractivity contribution in [3.8, 4) is 11.5 Å². The van der Waals surface area contributed by atoms with Crippen molar-refractivity contribution in [1.29, 1.82) is 0 Å². The van der Waals surface area contributed by atoms with Crippen LogP contribution in [0, 0.1) is 5.82 Å². The van der Waals surface area contributed by atoms with Crippen molar-refractivity contribution in [3.63, 3.8) is 0 Å². The lowest BCUT2D eigenvalue weighted by Gasteiger charge is -2.08. The van der Waals surface area contributed by atoms with Crippen molar-refractivity contribution in [2.24, 2.45) is 0 Å². The van der Waals surface area contributed by atoms with E-state index in [2.05, 4.69) is 26.2 Å². The first-order valence-electron chi connectivity index (χ1n) is 5.51. The van der Waals surface area contributed by atoms with Gasteiger partial charge >= 0.3 is 0 Å². The largest absolute Gasteiger partial charge is 0.457 e. The van der Waals surface area contributed by atoms with Crippen LogP contribution in [0.3, 0.4) is 0 Å². The second-order valence-corrected chi connectivity index (χ2v) is 4.53. The maximum Gasteiger partial charge on any atom is 0.132 e. The van der Waals surface area contributed by atoms with Crippen LogP contribution in [0.1, 0.15) is 6.92 Å². The van der Waals surface area contributed by atoms with Crippen LogP contribution >= 0.6 is 15.9 Å². The van der Waals surface area contributed by atoms with E-state index < -0.39 is 0 Å². The highest BCUT2D eigenvalue weighted by molar-refractivity contribution is 9.10. The maximum absolute atomic E-state index is 13.2. The van der Waals surface area contributed by atoms with Crippen molar-refractivity contribution in [1.82, 2.24) is 4.98 Å². The molecule has 0 aliphatic carbocycles. The van der Waals surface area contributed by atoms with E-state index in [9.17, 15) is 4.39 Å². The minimum Gasteiger partial charge on any atom is -0.457 e. The first-order chi connectivity index (χ1) is 8.67. The third kappa shape index (κ3) is 3.43. The lowest BCUT2D eigenvalue weighted by molar-refractivity contribution is 0.476. The highest BCUT2D eigenvalue weighted by Gasteiger charge is 2.03. The molecule has 5 heteroatoms. The van der Waals surface area contributed by atoms with Crippen LogP contribution in [0.4, 0.5) is 10.2 Å². The quantitative estimate of drug-likeness (QED) is 0.918. The van der Waals surface area contributed by atoms with E-state index >= 15 is 0 Å². The van der Waals surface area contributed by atoms with E-state index in [4.69, 9.17) is 4.74 Å². The van der Waals surface area contributed by atoms with Crippen LogP contribution < -0.4 is 10.1 Å². The Morgan fingerprint density at radius 3 is 2.83 bits per heavy atom. The molecule has 18 heavy (non-hydrogen) atoms. The second kappa shape index (κ2) is 5.82. The fourth-order valence-corrected chi connectivity index (χ4v) is 1.92. The molecule has 2 aromatic rings. The molecule has 1 heterocycles. The summed E-state index contributed by atoms with van der Waals surface area (Å²) in [4.78, 5) is 4.13. The summed E-state index contributed by atoms with van der Waals surface area (Å²) in [6.45, 7) is 2.76. The number of aromatic nitrogens is 1. The van der Waals surface area contributed by atoms with Crippen LogP contribution in [0.15, 0.2) is 41.0 Å². The average Bonchev–Trinajstić information content (AvgIpc) is 2.28. The monoisotopic (exact) mass is 310 g/mol. The molecule has 0 radical (unpaired) electrons. The number of hydrogen-bond acceptors (Lipinski definition) is 3. The third-order valence-electron chi connectivity index (χ3n) is 2.16. The van der Waals surface area contributed by atoms with E-state index in [1.165, 1.54) is 12.1 Å². The van der Waals surface area contributed by atoms with E-state index in [0.29, 0.717) is 16.0 Å². The summed E-state index contributed by atoms with van der Waals surface area (Å²) >= 11 is 3.22. The molecule has 1 aromatic carbocycles. The molecule has 1 aromatic heterocycles. The molecule has 0 saturated heterocycles. The number of hydrogen-bond donors (Lipinski definition) is 1. The third-order valence-corrected chi connectivity index (χ3v) is 2.62. The summed E-state index contributed by atoms with van der Waals surface area (Å²) in [5.41, 5.74) is 0. The molecule has 0 atom stereocenters. The molecule has 0 saturated carbocycles. The Kier molecular flexibility index (Phi) is 4.15. The van der Waals surface area contributed by atoms with Gasteiger partial charge in [0.25, 0.3) is 0 Å². The number of ether oxygens (including phenoxy) is 1. The number of pyridine rings is 1. The van der Waals surface area contributed by atoms with Crippen molar-refractivity contribution >= 4 is 21.7 Å². The minimum absolute atomic E-state index is 0.347. The smallest absolute Gasteiger partial charge is 0.132 e. The molecule has 0 amide bonds. The second-order valence-electron chi connectivity index (χ2n) is 3.61. The van der Waals surface area contributed by atoms with Gasteiger partial charge in [0.15, 0.2) is 0 Å². The highest BCUT2D eigenvalue weighted by Crippen LogP contribution is 2.26. The first-order valence-corrected chi connectivity index (χ1v) is 6.30. The van der Waals surface area contributed by atoms with Gasteiger partial charge in [0.1, 0.15) is 23.1 Å². The fourth-order valence-electron chi connectivity index (χ4n) is 1.48. The number of halogens is 2. The van der Waals surface area contributed by atoms with E-state index in [1.807, 2.05) is 6.92 Å². The van der Waals surface area contributed by atoms with Crippen molar-refractivity contribution in [2.75, 3.05) is 11.9 Å². The Morgan fingerprint density at radius 1 is 1.28 bits per heavy atom. The zero-order valence-electron chi connectivity index (χ0n) is 9.78. The van der Waals surface area contributed by atoms with Gasteiger partial charge in [-0.25, -0.2) is 9.37 Å². The Balaban J connectivity index is 2.20. The fraction of sp³-hybridized carbons (Fsp3) is 0.154. The van der Waals surface area contributed by atoms with Gasteiger partial charge < -0.3 is 10.1 Å². The average molecular weight is 311 g/mol. The van der Waals surface area contributed by atoms with Gasteiger partial charge in [0.2, 0.25) is 0 Å².